The molecule has 284 valence electrons. The Morgan fingerprint density at radius 3 is 1.65 bits per heavy atom. The van der Waals surface area contributed by atoms with E-state index in [1.807, 2.05) is 86.6 Å². The quantitative estimate of drug-likeness (QED) is 0.0971. The predicted molar refractivity (Wildman–Crippen MR) is 209 cm³/mol. The Morgan fingerprint density at radius 1 is 0.709 bits per heavy atom. The first-order valence-corrected chi connectivity index (χ1v) is 18.5. The Balaban J connectivity index is 0.000000256. The molecule has 0 saturated heterocycles. The van der Waals surface area contributed by atoms with Crippen molar-refractivity contribution in [2.24, 2.45) is 5.73 Å². The van der Waals surface area contributed by atoms with Crippen molar-refractivity contribution in [3.05, 3.63) is 129 Å². The second kappa shape index (κ2) is 19.2. The summed E-state index contributed by atoms with van der Waals surface area (Å²) in [5.74, 6) is -2.55. The van der Waals surface area contributed by atoms with Crippen molar-refractivity contribution < 1.29 is 38.6 Å². The lowest BCUT2D eigenvalue weighted by Crippen LogP contribution is -2.49. The van der Waals surface area contributed by atoms with Gasteiger partial charge < -0.3 is 36.3 Å². The minimum atomic E-state index is -1.14. The molecule has 4 aromatic heterocycles. The van der Waals surface area contributed by atoms with E-state index in [0.717, 1.165) is 42.7 Å². The second-order valence-electron chi connectivity index (χ2n) is 12.1. The van der Waals surface area contributed by atoms with E-state index in [0.29, 0.717) is 9.75 Å². The Bertz CT molecular complexity index is 2280. The number of nitrogens with two attached hydrogens (primary N) is 1. The summed E-state index contributed by atoms with van der Waals surface area (Å²) in [4.78, 5) is 69.9. The molecule has 55 heavy (non-hydrogen) atoms. The van der Waals surface area contributed by atoms with Gasteiger partial charge in [-0.15, -0.1) is 22.7 Å². The number of hydrogen-bond acceptors (Lipinski definition) is 12. The summed E-state index contributed by atoms with van der Waals surface area (Å²) in [7, 11) is 0. The number of carbonyl (C=O) groups excluding carboxylic acids is 4. The first-order valence-electron chi connectivity index (χ1n) is 16.9. The van der Waals surface area contributed by atoms with Gasteiger partial charge in [-0.2, -0.15) is 0 Å². The zero-order valence-electron chi connectivity index (χ0n) is 29.8. The number of thiophene rings is 2. The van der Waals surface area contributed by atoms with Gasteiger partial charge in [0.25, 0.3) is 11.8 Å². The number of carboxylic acids is 1. The van der Waals surface area contributed by atoms with Crippen LogP contribution in [-0.2, 0) is 32.3 Å². The summed E-state index contributed by atoms with van der Waals surface area (Å²) in [5, 5.41) is 16.3. The summed E-state index contributed by atoms with van der Waals surface area (Å²) >= 11 is 2.65. The van der Waals surface area contributed by atoms with Crippen molar-refractivity contribution >= 4 is 73.0 Å². The molecule has 2 atom stereocenters. The highest BCUT2D eigenvalue weighted by atomic mass is 32.1. The maximum absolute atomic E-state index is 12.8. The van der Waals surface area contributed by atoms with E-state index >= 15 is 0 Å². The van der Waals surface area contributed by atoms with Crippen LogP contribution in [0.15, 0.2) is 97.3 Å². The van der Waals surface area contributed by atoms with Crippen LogP contribution in [0.4, 0.5) is 4.79 Å². The van der Waals surface area contributed by atoms with Crippen molar-refractivity contribution in [1.82, 2.24) is 25.9 Å². The number of carboxylic acid groups (broad SMARTS) is 1. The van der Waals surface area contributed by atoms with Gasteiger partial charge in [-0.05, 0) is 60.4 Å². The van der Waals surface area contributed by atoms with Crippen LogP contribution < -0.4 is 21.7 Å². The molecule has 0 fully saturated rings. The standard InChI is InChI=1S/C27H25N3O5S.C12H13N3O3S/c1-18-12-13-28-21-14-23(36-24(18)21)25(31)29-15-22(26(32)34-16-19-8-4-2-5-9-19)30-27(33)35-17-20-10-6-3-7-11-20;1-6-2-3-14-8-4-9(19-10(6)8)11(16)15-5-7(13)12(17)18/h2-14,22H,15-17H2,1H3,(H,29,31)(H,30,33);2-4,7H,5,13H2,1H3,(H,15,16)(H,17,18)/t22-;7-/m11/s1. The first kappa shape index (κ1) is 40.0. The van der Waals surface area contributed by atoms with Gasteiger partial charge in [-0.25, -0.2) is 9.59 Å². The number of fused-ring (bicyclic) bond motifs is 2. The van der Waals surface area contributed by atoms with Crippen LogP contribution in [0.2, 0.25) is 0 Å². The SMILES string of the molecule is Cc1ccnc2cc(C(=O)NC[C@@H](N)C(=O)O)sc12.Cc1ccnc2cc(C(=O)NC[C@@H](NC(=O)OCc3ccccc3)C(=O)OCc3ccccc3)sc12. The third-order valence-electron chi connectivity index (χ3n) is 7.94. The Morgan fingerprint density at radius 2 is 1.18 bits per heavy atom. The second-order valence-corrected chi connectivity index (χ2v) is 14.2. The normalized spacial score (nSPS) is 11.8. The van der Waals surface area contributed by atoms with Crippen molar-refractivity contribution in [2.45, 2.75) is 39.1 Å². The number of aliphatic carboxylic acids is 1. The number of hydrogen-bond donors (Lipinski definition) is 5. The fraction of sp³-hybridized carbons (Fsp3) is 0.205. The number of nitrogens with one attached hydrogen (secondary N) is 3. The molecule has 0 aliphatic rings. The van der Waals surface area contributed by atoms with E-state index in [-0.39, 0.29) is 38.1 Å². The van der Waals surface area contributed by atoms with Crippen LogP contribution >= 0.6 is 22.7 Å². The van der Waals surface area contributed by atoms with Gasteiger partial charge in [0.2, 0.25) is 0 Å². The first-order chi connectivity index (χ1) is 26.5. The molecule has 6 rings (SSSR count). The van der Waals surface area contributed by atoms with E-state index in [4.69, 9.17) is 20.3 Å². The maximum Gasteiger partial charge on any atom is 0.408 e. The average molecular weight is 783 g/mol. The molecule has 0 bridgehead atoms. The summed E-state index contributed by atoms with van der Waals surface area (Å²) in [6.45, 7) is 3.70. The number of amides is 3. The van der Waals surface area contributed by atoms with Gasteiger partial charge in [0.05, 0.1) is 30.2 Å². The van der Waals surface area contributed by atoms with Gasteiger partial charge in [-0.1, -0.05) is 60.7 Å². The minimum Gasteiger partial charge on any atom is -0.480 e. The van der Waals surface area contributed by atoms with Gasteiger partial charge >= 0.3 is 18.0 Å². The van der Waals surface area contributed by atoms with Crippen molar-refractivity contribution in [3.63, 3.8) is 0 Å². The van der Waals surface area contributed by atoms with Crippen molar-refractivity contribution in [2.75, 3.05) is 13.1 Å². The minimum absolute atomic E-state index is 0.0339. The van der Waals surface area contributed by atoms with Crippen molar-refractivity contribution in [1.29, 1.82) is 0 Å². The monoisotopic (exact) mass is 782 g/mol. The molecule has 6 aromatic rings. The molecular weight excluding hydrogens is 745 g/mol. The fourth-order valence-corrected chi connectivity index (χ4v) is 6.94. The van der Waals surface area contributed by atoms with Gasteiger partial charge in [0, 0.05) is 25.5 Å². The van der Waals surface area contributed by atoms with Crippen LogP contribution in [0, 0.1) is 13.8 Å². The fourth-order valence-electron chi connectivity index (χ4n) is 4.94. The Hall–Kier alpha value is -6.23. The van der Waals surface area contributed by atoms with Gasteiger partial charge in [-0.3, -0.25) is 24.4 Å². The smallest absolute Gasteiger partial charge is 0.408 e. The maximum atomic E-state index is 12.8. The van der Waals surface area contributed by atoms with Gasteiger partial charge in [0.1, 0.15) is 25.3 Å². The highest BCUT2D eigenvalue weighted by Crippen LogP contribution is 2.27. The summed E-state index contributed by atoms with van der Waals surface area (Å²) in [6.07, 6.45) is 2.58. The summed E-state index contributed by atoms with van der Waals surface area (Å²) in [5.41, 5.74) is 10.5. The van der Waals surface area contributed by atoms with Crippen LogP contribution in [0.1, 0.15) is 41.6 Å². The number of carbonyl (C=O) groups is 5. The predicted octanol–water partition coefficient (Wildman–Crippen LogP) is 5.12. The molecule has 14 nitrogen and oxygen atoms in total. The molecular formula is C39H38N6O8S2. The highest BCUT2D eigenvalue weighted by Gasteiger charge is 2.25. The molecule has 16 heteroatoms. The van der Waals surface area contributed by atoms with Crippen LogP contribution in [-0.4, -0.2) is 70.1 Å². The van der Waals surface area contributed by atoms with Crippen LogP contribution in [0.3, 0.4) is 0 Å². The molecule has 2 aromatic carbocycles. The molecule has 0 saturated carbocycles. The van der Waals surface area contributed by atoms with Crippen LogP contribution in [0.5, 0.6) is 0 Å². The number of esters is 1. The largest absolute Gasteiger partial charge is 0.480 e. The van der Waals surface area contributed by atoms with Crippen LogP contribution in [0.25, 0.3) is 20.4 Å². The van der Waals surface area contributed by atoms with E-state index in [1.165, 1.54) is 22.7 Å². The van der Waals surface area contributed by atoms with E-state index in [9.17, 15) is 24.0 Å². The van der Waals surface area contributed by atoms with Crippen molar-refractivity contribution in [3.8, 4) is 0 Å². The Kier molecular flexibility index (Phi) is 14.0. The number of ether oxygens (including phenoxy) is 2. The zero-order chi connectivity index (χ0) is 39.3. The third-order valence-corrected chi connectivity index (χ3v) is 10.5. The summed E-state index contributed by atoms with van der Waals surface area (Å²) < 4.78 is 12.5. The Labute approximate surface area is 323 Å². The lowest BCUT2D eigenvalue weighted by atomic mass is 10.2. The number of benzene rings is 2. The molecule has 0 radical (unpaired) electrons. The molecule has 4 heterocycles. The number of aromatic nitrogens is 2. The zero-order valence-corrected chi connectivity index (χ0v) is 31.4. The van der Waals surface area contributed by atoms with E-state index in [2.05, 4.69) is 25.9 Å². The average Bonchev–Trinajstić information content (AvgIpc) is 3.85. The van der Waals surface area contributed by atoms with E-state index < -0.39 is 30.1 Å². The third kappa shape index (κ3) is 11.4. The topological polar surface area (TPSA) is 212 Å². The number of alkyl carbamates (subject to hydrolysis) is 1. The molecule has 0 aliphatic heterocycles. The number of pyridine rings is 2. The molecule has 0 spiro atoms. The lowest BCUT2D eigenvalue weighted by molar-refractivity contribution is -0.147. The number of rotatable bonds is 13. The molecule has 6 N–H and O–H groups in total. The molecule has 0 unspecified atom stereocenters. The highest BCUT2D eigenvalue weighted by molar-refractivity contribution is 7.21. The van der Waals surface area contributed by atoms with Gasteiger partial charge in [0.15, 0.2) is 0 Å². The number of nitrogens with zero attached hydrogens (tertiary/aromatic N) is 2. The van der Waals surface area contributed by atoms with E-state index in [1.54, 1.807) is 24.5 Å². The number of aryl methyl sites for hydroxylation is 2. The summed E-state index contributed by atoms with van der Waals surface area (Å²) in [6, 6.07) is 23.2. The lowest BCUT2D eigenvalue weighted by Gasteiger charge is -2.18. The molecule has 3 amide bonds. The molecule has 0 aliphatic carbocycles.